The number of nitrogens with two attached hydrogens (primary N) is 1. The van der Waals surface area contributed by atoms with E-state index in [-0.39, 0.29) is 0 Å². The van der Waals surface area contributed by atoms with Crippen LogP contribution in [-0.2, 0) is 4.74 Å². The van der Waals surface area contributed by atoms with E-state index in [2.05, 4.69) is 16.5 Å². The molecular weight excluding hydrogens is 260 g/mol. The van der Waals surface area contributed by atoms with Crippen molar-refractivity contribution in [3.05, 3.63) is 24.7 Å². The lowest BCUT2D eigenvalue weighted by Crippen LogP contribution is -2.30. The lowest BCUT2D eigenvalue weighted by Gasteiger charge is -2.17. The third-order valence-electron chi connectivity index (χ3n) is 3.64. The van der Waals surface area contributed by atoms with Crippen molar-refractivity contribution < 1.29 is 14.9 Å². The van der Waals surface area contributed by atoms with Gasteiger partial charge in [0.2, 0.25) is 0 Å². The molecule has 0 unspecified atom stereocenters. The second kappa shape index (κ2) is 4.55. The Bertz CT molecular complexity index is 669. The van der Waals surface area contributed by atoms with E-state index in [1.165, 1.54) is 6.33 Å². The summed E-state index contributed by atoms with van der Waals surface area (Å²) in [6, 6.07) is 0. The van der Waals surface area contributed by atoms with Gasteiger partial charge in [-0.05, 0) is 6.92 Å². The van der Waals surface area contributed by atoms with Gasteiger partial charge in [-0.2, -0.15) is 0 Å². The average molecular weight is 276 g/mol. The third-order valence-corrected chi connectivity index (χ3v) is 3.64. The minimum Gasteiger partial charge on any atom is -0.388 e. The van der Waals surface area contributed by atoms with Crippen LogP contribution < -0.4 is 5.73 Å². The fraction of sp³-hybridized carbons (Fsp3) is 0.385. The topological polar surface area (TPSA) is 106 Å². The molecule has 106 valence electrons. The Balaban J connectivity index is 2.18. The Kier molecular flexibility index (Phi) is 2.97. The number of hydrogen-bond donors (Lipinski definition) is 3. The summed E-state index contributed by atoms with van der Waals surface area (Å²) < 4.78 is 7.26. The molecule has 0 saturated carbocycles. The van der Waals surface area contributed by atoms with E-state index < -0.39 is 24.5 Å². The predicted molar refractivity (Wildman–Crippen MR) is 73.6 cm³/mol. The number of aliphatic hydroxyl groups excluding tert-OH is 2. The standard InChI is InChI=1S/C13H16N4O3/c1-3-7-4-17(12-8(7)11(14)15-5-16-12)13-10(19)9(18)6(2)20-13/h3-6,9-10,13,18-19H,1H2,2H3,(H2,14,15,16)/t6-,9-,10-,13-/m1/s1. The van der Waals surface area contributed by atoms with Gasteiger partial charge in [0.1, 0.15) is 30.0 Å². The summed E-state index contributed by atoms with van der Waals surface area (Å²) in [5.41, 5.74) is 7.16. The van der Waals surface area contributed by atoms with Gasteiger partial charge in [0.25, 0.3) is 0 Å². The van der Waals surface area contributed by atoms with Gasteiger partial charge in [-0.25, -0.2) is 9.97 Å². The number of nitrogens with zero attached hydrogens (tertiary/aromatic N) is 3. The number of aromatic nitrogens is 3. The van der Waals surface area contributed by atoms with Crippen LogP contribution in [0.25, 0.3) is 17.1 Å². The van der Waals surface area contributed by atoms with E-state index in [0.717, 1.165) is 5.56 Å². The molecule has 0 amide bonds. The quantitative estimate of drug-likeness (QED) is 0.728. The van der Waals surface area contributed by atoms with E-state index in [1.54, 1.807) is 23.8 Å². The van der Waals surface area contributed by atoms with Crippen molar-refractivity contribution >= 4 is 22.9 Å². The Morgan fingerprint density at radius 2 is 2.15 bits per heavy atom. The summed E-state index contributed by atoms with van der Waals surface area (Å²) in [5, 5.41) is 20.6. The Labute approximate surface area is 115 Å². The Morgan fingerprint density at radius 1 is 1.40 bits per heavy atom. The molecule has 0 spiro atoms. The molecule has 3 rings (SSSR count). The monoisotopic (exact) mass is 276 g/mol. The first-order valence-electron chi connectivity index (χ1n) is 6.29. The summed E-state index contributed by atoms with van der Waals surface area (Å²) in [5.74, 6) is 0.338. The Hall–Kier alpha value is -1.96. The summed E-state index contributed by atoms with van der Waals surface area (Å²) in [7, 11) is 0. The molecule has 1 fully saturated rings. The lowest BCUT2D eigenvalue weighted by molar-refractivity contribution is -0.0296. The maximum atomic E-state index is 10.1. The maximum Gasteiger partial charge on any atom is 0.164 e. The van der Waals surface area contributed by atoms with Gasteiger partial charge in [0.05, 0.1) is 11.5 Å². The number of aliphatic hydroxyl groups is 2. The minimum absolute atomic E-state index is 0.338. The highest BCUT2D eigenvalue weighted by Crippen LogP contribution is 2.34. The summed E-state index contributed by atoms with van der Waals surface area (Å²) in [4.78, 5) is 8.15. The van der Waals surface area contributed by atoms with Crippen molar-refractivity contribution in [2.24, 2.45) is 0 Å². The highest BCUT2D eigenvalue weighted by atomic mass is 16.6. The molecule has 0 bridgehead atoms. The molecule has 4 atom stereocenters. The fourth-order valence-electron chi connectivity index (χ4n) is 2.54. The molecule has 20 heavy (non-hydrogen) atoms. The van der Waals surface area contributed by atoms with Crippen LogP contribution >= 0.6 is 0 Å². The highest BCUT2D eigenvalue weighted by molar-refractivity contribution is 5.94. The molecule has 0 aliphatic carbocycles. The molecule has 0 aromatic carbocycles. The second-order valence-electron chi connectivity index (χ2n) is 4.87. The predicted octanol–water partition coefficient (Wildman–Crippen LogP) is 0.296. The van der Waals surface area contributed by atoms with Crippen molar-refractivity contribution in [1.82, 2.24) is 14.5 Å². The number of fused-ring (bicyclic) bond motifs is 1. The Morgan fingerprint density at radius 3 is 2.75 bits per heavy atom. The average Bonchev–Trinajstić information content (AvgIpc) is 2.93. The summed E-state index contributed by atoms with van der Waals surface area (Å²) in [6.07, 6.45) is 1.58. The van der Waals surface area contributed by atoms with Gasteiger partial charge in [-0.3, -0.25) is 0 Å². The van der Waals surface area contributed by atoms with Crippen molar-refractivity contribution in [3.8, 4) is 0 Å². The largest absolute Gasteiger partial charge is 0.388 e. The van der Waals surface area contributed by atoms with Crippen LogP contribution in [0.5, 0.6) is 0 Å². The molecule has 2 aromatic heterocycles. The van der Waals surface area contributed by atoms with Crippen molar-refractivity contribution in [2.45, 2.75) is 31.5 Å². The van der Waals surface area contributed by atoms with Gasteiger partial charge in [-0.1, -0.05) is 12.7 Å². The number of hydrogen-bond acceptors (Lipinski definition) is 6. The normalized spacial score (nSPS) is 29.9. The molecular formula is C13H16N4O3. The lowest BCUT2D eigenvalue weighted by atomic mass is 10.1. The first-order chi connectivity index (χ1) is 9.54. The van der Waals surface area contributed by atoms with Crippen LogP contribution in [-0.4, -0.2) is 43.1 Å². The van der Waals surface area contributed by atoms with Gasteiger partial charge >= 0.3 is 0 Å². The van der Waals surface area contributed by atoms with Gasteiger partial charge in [0.15, 0.2) is 6.23 Å². The number of nitrogen functional groups attached to an aromatic ring is 1. The van der Waals surface area contributed by atoms with E-state index in [1.807, 2.05) is 0 Å². The zero-order valence-electron chi connectivity index (χ0n) is 11.0. The highest BCUT2D eigenvalue weighted by Gasteiger charge is 2.42. The number of ether oxygens (including phenoxy) is 1. The molecule has 0 radical (unpaired) electrons. The SMILES string of the molecule is C=Cc1cn([C@@H]2O[C@H](C)[C@@H](O)[C@H]2O)c2ncnc(N)c12. The number of rotatable bonds is 2. The zero-order valence-corrected chi connectivity index (χ0v) is 11.0. The second-order valence-corrected chi connectivity index (χ2v) is 4.87. The van der Waals surface area contributed by atoms with Gasteiger partial charge < -0.3 is 25.3 Å². The van der Waals surface area contributed by atoms with Crippen molar-refractivity contribution in [1.29, 1.82) is 0 Å². The maximum absolute atomic E-state index is 10.1. The van der Waals surface area contributed by atoms with Crippen LogP contribution in [0.15, 0.2) is 19.1 Å². The van der Waals surface area contributed by atoms with Crippen molar-refractivity contribution in [3.63, 3.8) is 0 Å². The zero-order chi connectivity index (χ0) is 14.4. The van der Waals surface area contributed by atoms with Gasteiger partial charge in [-0.15, -0.1) is 0 Å². The first kappa shape index (κ1) is 13.0. The van der Waals surface area contributed by atoms with E-state index >= 15 is 0 Å². The van der Waals surface area contributed by atoms with Crippen LogP contribution in [0.1, 0.15) is 18.7 Å². The van der Waals surface area contributed by atoms with Crippen LogP contribution in [0, 0.1) is 0 Å². The minimum atomic E-state index is -1.03. The molecule has 3 heterocycles. The smallest absolute Gasteiger partial charge is 0.164 e. The summed E-state index contributed by atoms with van der Waals surface area (Å²) >= 11 is 0. The van der Waals surface area contributed by atoms with Crippen LogP contribution in [0.3, 0.4) is 0 Å². The van der Waals surface area contributed by atoms with Gasteiger partial charge in [0, 0.05) is 11.8 Å². The molecule has 1 aliphatic rings. The molecule has 7 nitrogen and oxygen atoms in total. The van der Waals surface area contributed by atoms with Crippen LogP contribution in [0.2, 0.25) is 0 Å². The molecule has 2 aromatic rings. The van der Waals surface area contributed by atoms with Crippen LogP contribution in [0.4, 0.5) is 5.82 Å². The first-order valence-corrected chi connectivity index (χ1v) is 6.29. The van der Waals surface area contributed by atoms with E-state index in [0.29, 0.717) is 16.9 Å². The molecule has 7 heteroatoms. The summed E-state index contributed by atoms with van der Waals surface area (Å²) in [6.45, 7) is 5.44. The van der Waals surface area contributed by atoms with Crippen molar-refractivity contribution in [2.75, 3.05) is 5.73 Å². The van der Waals surface area contributed by atoms with E-state index in [4.69, 9.17) is 10.5 Å². The molecule has 4 N–H and O–H groups in total. The molecule has 1 aliphatic heterocycles. The number of anilines is 1. The fourth-order valence-corrected chi connectivity index (χ4v) is 2.54. The van der Waals surface area contributed by atoms with E-state index in [9.17, 15) is 10.2 Å². The molecule has 1 saturated heterocycles. The third kappa shape index (κ3) is 1.71.